The van der Waals surface area contributed by atoms with Crippen molar-refractivity contribution in [3.8, 4) is 11.1 Å². The summed E-state index contributed by atoms with van der Waals surface area (Å²) in [5.41, 5.74) is -1.29. The van der Waals surface area contributed by atoms with Gasteiger partial charge in [0.05, 0.1) is 23.3 Å². The van der Waals surface area contributed by atoms with E-state index in [0.717, 1.165) is 6.07 Å². The van der Waals surface area contributed by atoms with Crippen molar-refractivity contribution in [2.75, 3.05) is 19.7 Å². The molecular weight excluding hydrogens is 395 g/mol. The van der Waals surface area contributed by atoms with E-state index in [4.69, 9.17) is 9.15 Å². The second-order valence-electron chi connectivity index (χ2n) is 6.43. The number of ether oxygens (including phenoxy) is 1. The number of morpholine rings is 1. The molecule has 1 aliphatic rings. The molecule has 5 nitrogen and oxygen atoms in total. The summed E-state index contributed by atoms with van der Waals surface area (Å²) in [6, 6.07) is 9.79. The fourth-order valence-corrected chi connectivity index (χ4v) is 4.62. The molecule has 1 fully saturated rings. The Bertz CT molecular complexity index is 1100. The summed E-state index contributed by atoms with van der Waals surface area (Å²) in [6.45, 7) is 1.08. The molecule has 1 saturated heterocycles. The highest BCUT2D eigenvalue weighted by atomic mass is 32.2. The minimum absolute atomic E-state index is 0.0605. The van der Waals surface area contributed by atoms with Crippen LogP contribution >= 0.6 is 0 Å². The zero-order valence-electron chi connectivity index (χ0n) is 14.5. The third-order valence-electron chi connectivity index (χ3n) is 4.61. The van der Waals surface area contributed by atoms with E-state index in [9.17, 15) is 21.6 Å². The van der Waals surface area contributed by atoms with Gasteiger partial charge in [-0.05, 0) is 41.5 Å². The molecule has 0 spiro atoms. The Labute approximate surface area is 159 Å². The van der Waals surface area contributed by atoms with Gasteiger partial charge in [0.25, 0.3) is 0 Å². The van der Waals surface area contributed by atoms with E-state index in [2.05, 4.69) is 5.32 Å². The second kappa shape index (κ2) is 6.91. The maximum absolute atomic E-state index is 13.4. The average Bonchev–Trinajstić information content (AvgIpc) is 3.16. The van der Waals surface area contributed by atoms with Crippen molar-refractivity contribution in [1.82, 2.24) is 5.32 Å². The van der Waals surface area contributed by atoms with Crippen molar-refractivity contribution in [1.29, 1.82) is 0 Å². The summed E-state index contributed by atoms with van der Waals surface area (Å²) in [6.07, 6.45) is -3.36. The molecule has 1 N–H and O–H groups in total. The molecule has 3 aromatic rings. The summed E-state index contributed by atoms with van der Waals surface area (Å²) >= 11 is 0. The fraction of sp³-hybridized carbons (Fsp3) is 0.263. The molecule has 9 heteroatoms. The van der Waals surface area contributed by atoms with Crippen molar-refractivity contribution < 1.29 is 30.7 Å². The van der Waals surface area contributed by atoms with E-state index in [1.165, 1.54) is 36.6 Å². The van der Waals surface area contributed by atoms with E-state index >= 15 is 0 Å². The topological polar surface area (TPSA) is 68.5 Å². The fourth-order valence-electron chi connectivity index (χ4n) is 3.19. The standard InChI is InChI=1S/C19H16F3NO4S/c20-19(21,22)16-10-14(9-13-5-7-27-18(13)16)12-1-3-15(4-2-12)28(24,25)17-11-23-6-8-26-17/h1-5,7,9-10,17,23H,6,8,11H2. The van der Waals surface area contributed by atoms with Crippen LogP contribution in [0.5, 0.6) is 0 Å². The lowest BCUT2D eigenvalue weighted by molar-refractivity contribution is -0.136. The predicted molar refractivity (Wildman–Crippen MR) is 96.4 cm³/mol. The van der Waals surface area contributed by atoms with Crippen LogP contribution in [0.15, 0.2) is 58.0 Å². The molecule has 0 aliphatic carbocycles. The first kappa shape index (κ1) is 19.0. The first-order chi connectivity index (χ1) is 13.3. The lowest BCUT2D eigenvalue weighted by Crippen LogP contribution is -2.42. The maximum Gasteiger partial charge on any atom is 0.420 e. The van der Waals surface area contributed by atoms with Gasteiger partial charge >= 0.3 is 6.18 Å². The van der Waals surface area contributed by atoms with Crippen LogP contribution in [-0.2, 0) is 20.8 Å². The molecular formula is C19H16F3NO4S. The molecule has 28 heavy (non-hydrogen) atoms. The number of alkyl halides is 3. The quantitative estimate of drug-likeness (QED) is 0.709. The van der Waals surface area contributed by atoms with Gasteiger partial charge in [-0.3, -0.25) is 0 Å². The van der Waals surface area contributed by atoms with Gasteiger partial charge < -0.3 is 14.5 Å². The second-order valence-corrected chi connectivity index (χ2v) is 8.52. The summed E-state index contributed by atoms with van der Waals surface area (Å²) in [5, 5.41) is 3.29. The number of sulfone groups is 1. The number of fused-ring (bicyclic) bond motifs is 1. The van der Waals surface area contributed by atoms with Gasteiger partial charge in [0.15, 0.2) is 5.44 Å². The Morgan fingerprint density at radius 3 is 2.43 bits per heavy atom. The highest BCUT2D eigenvalue weighted by Gasteiger charge is 2.35. The number of furan rings is 1. The largest absolute Gasteiger partial charge is 0.464 e. The van der Waals surface area contributed by atoms with E-state index in [-0.39, 0.29) is 17.0 Å². The Balaban J connectivity index is 1.71. The summed E-state index contributed by atoms with van der Waals surface area (Å²) in [5.74, 6) is 0. The van der Waals surface area contributed by atoms with Gasteiger partial charge in [0.2, 0.25) is 9.84 Å². The molecule has 1 aromatic heterocycles. The molecule has 0 bridgehead atoms. The normalized spacial score (nSPS) is 18.5. The van der Waals surface area contributed by atoms with Crippen LogP contribution in [0, 0.1) is 0 Å². The lowest BCUT2D eigenvalue weighted by Gasteiger charge is -2.23. The highest BCUT2D eigenvalue weighted by Crippen LogP contribution is 2.38. The van der Waals surface area contributed by atoms with Crippen molar-refractivity contribution in [3.63, 3.8) is 0 Å². The van der Waals surface area contributed by atoms with Crippen molar-refractivity contribution in [2.45, 2.75) is 16.5 Å². The molecule has 1 unspecified atom stereocenters. The van der Waals surface area contributed by atoms with Gasteiger partial charge in [-0.15, -0.1) is 0 Å². The van der Waals surface area contributed by atoms with Gasteiger partial charge in [0, 0.05) is 18.5 Å². The lowest BCUT2D eigenvalue weighted by atomic mass is 10.0. The molecule has 0 radical (unpaired) electrons. The average molecular weight is 411 g/mol. The molecule has 1 atom stereocenters. The van der Waals surface area contributed by atoms with E-state index in [0.29, 0.717) is 29.7 Å². The van der Waals surface area contributed by atoms with Crippen LogP contribution in [-0.4, -0.2) is 33.6 Å². The van der Waals surface area contributed by atoms with Gasteiger partial charge in [-0.1, -0.05) is 12.1 Å². The molecule has 0 saturated carbocycles. The molecule has 0 amide bonds. The first-order valence-electron chi connectivity index (χ1n) is 8.52. The maximum atomic E-state index is 13.4. The van der Waals surface area contributed by atoms with Crippen molar-refractivity contribution in [2.24, 2.45) is 0 Å². The minimum Gasteiger partial charge on any atom is -0.464 e. The Kier molecular flexibility index (Phi) is 4.68. The number of halogens is 3. The number of hydrogen-bond acceptors (Lipinski definition) is 5. The van der Waals surface area contributed by atoms with Crippen LogP contribution in [0.1, 0.15) is 5.56 Å². The van der Waals surface area contributed by atoms with E-state index in [1.807, 2.05) is 0 Å². The van der Waals surface area contributed by atoms with Gasteiger partial charge in [0.1, 0.15) is 5.58 Å². The highest BCUT2D eigenvalue weighted by molar-refractivity contribution is 7.92. The van der Waals surface area contributed by atoms with E-state index in [1.54, 1.807) is 6.07 Å². The zero-order valence-corrected chi connectivity index (χ0v) is 15.3. The van der Waals surface area contributed by atoms with E-state index < -0.39 is 27.0 Å². The Hall–Kier alpha value is -2.36. The minimum atomic E-state index is -4.57. The smallest absolute Gasteiger partial charge is 0.420 e. The number of nitrogens with one attached hydrogen (secondary N) is 1. The third-order valence-corrected chi connectivity index (χ3v) is 6.54. The van der Waals surface area contributed by atoms with Crippen LogP contribution in [0.25, 0.3) is 22.1 Å². The SMILES string of the molecule is O=S(=O)(c1ccc(-c2cc(C(F)(F)F)c3occc3c2)cc1)C1CNCCO1. The summed E-state index contributed by atoms with van der Waals surface area (Å²) in [7, 11) is -3.70. The Morgan fingerprint density at radius 1 is 1.04 bits per heavy atom. The number of benzene rings is 2. The number of hydrogen-bond donors (Lipinski definition) is 1. The van der Waals surface area contributed by atoms with Gasteiger partial charge in [-0.25, -0.2) is 8.42 Å². The molecule has 2 heterocycles. The molecule has 2 aromatic carbocycles. The Morgan fingerprint density at radius 2 is 1.79 bits per heavy atom. The third kappa shape index (κ3) is 3.41. The van der Waals surface area contributed by atoms with Crippen LogP contribution in [0.2, 0.25) is 0 Å². The van der Waals surface area contributed by atoms with Crippen molar-refractivity contribution in [3.05, 3.63) is 54.3 Å². The number of rotatable bonds is 3. The van der Waals surface area contributed by atoms with Crippen LogP contribution in [0.3, 0.4) is 0 Å². The van der Waals surface area contributed by atoms with Gasteiger partial charge in [-0.2, -0.15) is 13.2 Å². The van der Waals surface area contributed by atoms with Crippen LogP contribution in [0.4, 0.5) is 13.2 Å². The monoisotopic (exact) mass is 411 g/mol. The van der Waals surface area contributed by atoms with Crippen molar-refractivity contribution >= 4 is 20.8 Å². The predicted octanol–water partition coefficient (Wildman–Crippen LogP) is 3.84. The molecule has 148 valence electrons. The molecule has 4 rings (SSSR count). The van der Waals surface area contributed by atoms with Crippen LogP contribution < -0.4 is 5.32 Å². The first-order valence-corrected chi connectivity index (χ1v) is 10.1. The summed E-state index contributed by atoms with van der Waals surface area (Å²) in [4.78, 5) is 0.0605. The zero-order chi connectivity index (χ0) is 19.9. The molecule has 1 aliphatic heterocycles. The summed E-state index contributed by atoms with van der Waals surface area (Å²) < 4.78 is 75.6.